The second-order valence-electron chi connectivity index (χ2n) is 8.72. The first-order valence-corrected chi connectivity index (χ1v) is 10.5. The number of phenolic OH excluding ortho intramolecular Hbond substituents is 3. The van der Waals surface area contributed by atoms with Gasteiger partial charge in [0.25, 0.3) is 0 Å². The van der Waals surface area contributed by atoms with Crippen LogP contribution in [0.5, 0.6) is 17.2 Å². The van der Waals surface area contributed by atoms with Crippen LogP contribution in [0.15, 0.2) is 36.4 Å². The number of hydrogen-bond acceptors (Lipinski definition) is 3. The van der Waals surface area contributed by atoms with Gasteiger partial charge < -0.3 is 15.3 Å². The Bertz CT molecular complexity index is 1040. The summed E-state index contributed by atoms with van der Waals surface area (Å²) in [5.74, 6) is 0.679. The zero-order valence-electron chi connectivity index (χ0n) is 18.8. The van der Waals surface area contributed by atoms with Gasteiger partial charge in [-0.05, 0) is 76.6 Å². The molecule has 0 atom stereocenters. The van der Waals surface area contributed by atoms with Crippen LogP contribution >= 0.6 is 0 Å². The predicted octanol–water partition coefficient (Wildman–Crippen LogP) is 6.42. The standard InChI is InChI=1S/C27H32O3/c1-15-9-18(4)25(28)21(12-15)7-8-22(23-13-16(2)10-19(5)26(23)29)24-14-17(3)11-20(6)27(24)30/h9-14,22,28-30H,7-8H2,1-6H3. The Labute approximate surface area is 179 Å². The van der Waals surface area contributed by atoms with Gasteiger partial charge in [-0.2, -0.15) is 0 Å². The second kappa shape index (κ2) is 8.43. The van der Waals surface area contributed by atoms with Gasteiger partial charge in [0.1, 0.15) is 17.2 Å². The fraction of sp³-hybridized carbons (Fsp3) is 0.333. The van der Waals surface area contributed by atoms with Crippen molar-refractivity contribution in [3.8, 4) is 17.2 Å². The Morgan fingerprint density at radius 1 is 0.567 bits per heavy atom. The van der Waals surface area contributed by atoms with Gasteiger partial charge >= 0.3 is 0 Å². The van der Waals surface area contributed by atoms with E-state index in [1.165, 1.54) is 0 Å². The van der Waals surface area contributed by atoms with Crippen LogP contribution in [0.2, 0.25) is 0 Å². The molecule has 30 heavy (non-hydrogen) atoms. The molecule has 0 saturated carbocycles. The summed E-state index contributed by atoms with van der Waals surface area (Å²) in [6, 6.07) is 11.9. The molecule has 0 aliphatic rings. The number of aryl methyl sites for hydroxylation is 7. The molecular formula is C27H32O3. The average Bonchev–Trinajstić information content (AvgIpc) is 2.66. The Morgan fingerprint density at radius 3 is 1.43 bits per heavy atom. The summed E-state index contributed by atoms with van der Waals surface area (Å²) in [7, 11) is 0. The maximum atomic E-state index is 10.9. The number of aromatic hydroxyl groups is 3. The van der Waals surface area contributed by atoms with Crippen LogP contribution in [-0.4, -0.2) is 15.3 Å². The first kappa shape index (κ1) is 21.8. The lowest BCUT2D eigenvalue weighted by Gasteiger charge is -2.23. The van der Waals surface area contributed by atoms with Crippen molar-refractivity contribution < 1.29 is 15.3 Å². The van der Waals surface area contributed by atoms with E-state index in [1.807, 2.05) is 77.9 Å². The molecule has 3 nitrogen and oxygen atoms in total. The summed E-state index contributed by atoms with van der Waals surface area (Å²) in [5, 5.41) is 32.3. The maximum absolute atomic E-state index is 10.9. The molecule has 3 aromatic carbocycles. The van der Waals surface area contributed by atoms with E-state index in [1.54, 1.807) is 0 Å². The van der Waals surface area contributed by atoms with Crippen molar-refractivity contribution in [1.82, 2.24) is 0 Å². The van der Waals surface area contributed by atoms with Crippen molar-refractivity contribution in [1.29, 1.82) is 0 Å². The van der Waals surface area contributed by atoms with Gasteiger partial charge in [-0.15, -0.1) is 0 Å². The zero-order chi connectivity index (χ0) is 22.2. The van der Waals surface area contributed by atoms with Gasteiger partial charge in [-0.1, -0.05) is 53.1 Å². The first-order valence-electron chi connectivity index (χ1n) is 10.5. The first-order chi connectivity index (χ1) is 14.1. The molecule has 0 unspecified atom stereocenters. The van der Waals surface area contributed by atoms with E-state index in [2.05, 4.69) is 0 Å². The van der Waals surface area contributed by atoms with Crippen LogP contribution in [0.25, 0.3) is 0 Å². The van der Waals surface area contributed by atoms with Gasteiger partial charge in [-0.3, -0.25) is 0 Å². The minimum Gasteiger partial charge on any atom is -0.507 e. The fourth-order valence-corrected chi connectivity index (χ4v) is 4.53. The number of phenols is 3. The van der Waals surface area contributed by atoms with E-state index in [0.29, 0.717) is 18.6 Å². The number of benzene rings is 3. The van der Waals surface area contributed by atoms with E-state index in [4.69, 9.17) is 0 Å². The van der Waals surface area contributed by atoms with Gasteiger partial charge in [-0.25, -0.2) is 0 Å². The highest BCUT2D eigenvalue weighted by molar-refractivity contribution is 5.53. The van der Waals surface area contributed by atoms with Crippen LogP contribution in [0.3, 0.4) is 0 Å². The summed E-state index contributed by atoms with van der Waals surface area (Å²) in [5.41, 5.74) is 8.30. The summed E-state index contributed by atoms with van der Waals surface area (Å²) < 4.78 is 0. The lowest BCUT2D eigenvalue weighted by Crippen LogP contribution is -2.07. The maximum Gasteiger partial charge on any atom is 0.122 e. The van der Waals surface area contributed by atoms with Gasteiger partial charge in [0, 0.05) is 17.0 Å². The second-order valence-corrected chi connectivity index (χ2v) is 8.72. The summed E-state index contributed by atoms with van der Waals surface area (Å²) in [4.78, 5) is 0. The minimum atomic E-state index is -0.192. The molecule has 0 fully saturated rings. The van der Waals surface area contributed by atoms with Crippen molar-refractivity contribution in [3.63, 3.8) is 0 Å². The molecule has 0 aliphatic carbocycles. The normalized spacial score (nSPS) is 11.3. The van der Waals surface area contributed by atoms with Crippen molar-refractivity contribution >= 4 is 0 Å². The monoisotopic (exact) mass is 404 g/mol. The van der Waals surface area contributed by atoms with Crippen molar-refractivity contribution in [3.05, 3.63) is 86.5 Å². The molecule has 3 N–H and O–H groups in total. The third-order valence-corrected chi connectivity index (χ3v) is 5.93. The van der Waals surface area contributed by atoms with Crippen molar-refractivity contribution in [2.75, 3.05) is 0 Å². The van der Waals surface area contributed by atoms with Crippen LogP contribution in [0.4, 0.5) is 0 Å². The van der Waals surface area contributed by atoms with Gasteiger partial charge in [0.15, 0.2) is 0 Å². The lowest BCUT2D eigenvalue weighted by atomic mass is 9.82. The van der Waals surface area contributed by atoms with E-state index in [9.17, 15) is 15.3 Å². The molecule has 0 bridgehead atoms. The predicted molar refractivity (Wildman–Crippen MR) is 123 cm³/mol. The number of hydrogen-bond donors (Lipinski definition) is 3. The van der Waals surface area contributed by atoms with Crippen LogP contribution in [-0.2, 0) is 6.42 Å². The van der Waals surface area contributed by atoms with Crippen LogP contribution in [0, 0.1) is 41.5 Å². The highest BCUT2D eigenvalue weighted by Crippen LogP contribution is 2.42. The van der Waals surface area contributed by atoms with Crippen molar-refractivity contribution in [2.45, 2.75) is 60.3 Å². The van der Waals surface area contributed by atoms with Gasteiger partial charge in [0.05, 0.1) is 0 Å². The Hall–Kier alpha value is -2.94. The van der Waals surface area contributed by atoms with E-state index >= 15 is 0 Å². The molecule has 158 valence electrons. The van der Waals surface area contributed by atoms with Crippen molar-refractivity contribution in [2.24, 2.45) is 0 Å². The quantitative estimate of drug-likeness (QED) is 0.460. The highest BCUT2D eigenvalue weighted by atomic mass is 16.3. The molecular weight excluding hydrogens is 372 g/mol. The molecule has 0 aliphatic heterocycles. The van der Waals surface area contributed by atoms with Gasteiger partial charge in [0.2, 0.25) is 0 Å². The van der Waals surface area contributed by atoms with Crippen LogP contribution in [0.1, 0.15) is 62.4 Å². The number of rotatable bonds is 5. The molecule has 0 aromatic heterocycles. The fourth-order valence-electron chi connectivity index (χ4n) is 4.53. The molecule has 0 spiro atoms. The van der Waals surface area contributed by atoms with E-state index in [0.717, 1.165) is 50.1 Å². The molecule has 3 rings (SSSR count). The van der Waals surface area contributed by atoms with Crippen LogP contribution < -0.4 is 0 Å². The molecule has 3 heteroatoms. The molecule has 0 heterocycles. The highest BCUT2D eigenvalue weighted by Gasteiger charge is 2.24. The topological polar surface area (TPSA) is 60.7 Å². The zero-order valence-corrected chi connectivity index (χ0v) is 18.8. The molecule has 0 radical (unpaired) electrons. The SMILES string of the molecule is Cc1cc(C)c(O)c(CCC(c2cc(C)cc(C)c2O)c2cc(C)cc(C)c2O)c1. The third kappa shape index (κ3) is 4.30. The largest absolute Gasteiger partial charge is 0.507 e. The summed E-state index contributed by atoms with van der Waals surface area (Å²) in [6.07, 6.45) is 1.29. The molecule has 0 amide bonds. The molecule has 0 saturated heterocycles. The minimum absolute atomic E-state index is 0.192. The van der Waals surface area contributed by atoms with E-state index < -0.39 is 0 Å². The summed E-state index contributed by atoms with van der Waals surface area (Å²) >= 11 is 0. The van der Waals surface area contributed by atoms with E-state index in [-0.39, 0.29) is 17.4 Å². The Morgan fingerprint density at radius 2 is 0.967 bits per heavy atom. The Kier molecular flexibility index (Phi) is 6.12. The lowest BCUT2D eigenvalue weighted by molar-refractivity contribution is 0.444. The summed E-state index contributed by atoms with van der Waals surface area (Å²) in [6.45, 7) is 11.8. The smallest absolute Gasteiger partial charge is 0.122 e. The third-order valence-electron chi connectivity index (χ3n) is 5.93. The average molecular weight is 405 g/mol. The Balaban J connectivity index is 2.12. The molecule has 3 aromatic rings.